The van der Waals surface area contributed by atoms with Gasteiger partial charge in [-0.3, -0.25) is 0 Å². The molecule has 0 spiro atoms. The number of anilines is 1. The number of carbonyl (C=O) groups excluding carboxylic acids is 1. The first kappa shape index (κ1) is 17.7. The van der Waals surface area contributed by atoms with Gasteiger partial charge < -0.3 is 10.6 Å². The number of hydrogen-bond acceptors (Lipinski definition) is 4. The molecule has 0 bridgehead atoms. The molecule has 4 N–H and O–H groups in total. The van der Waals surface area contributed by atoms with Crippen molar-refractivity contribution in [1.29, 1.82) is 0 Å². The van der Waals surface area contributed by atoms with E-state index < -0.39 is 16.1 Å². The predicted molar refractivity (Wildman–Crippen MR) is 94.5 cm³/mol. The fourth-order valence-electron chi connectivity index (χ4n) is 2.57. The average molecular weight is 381 g/mol. The van der Waals surface area contributed by atoms with Crippen LogP contribution in [0.2, 0.25) is 0 Å². The second-order valence-electron chi connectivity index (χ2n) is 5.54. The second kappa shape index (κ2) is 7.03. The first-order chi connectivity index (χ1) is 11.8. The van der Waals surface area contributed by atoms with Crippen LogP contribution in [0.15, 0.2) is 52.3 Å². The Kier molecular flexibility index (Phi) is 4.98. The summed E-state index contributed by atoms with van der Waals surface area (Å²) in [5.74, 6) is 0.485. The number of carbonyl (C=O) groups is 1. The van der Waals surface area contributed by atoms with Crippen molar-refractivity contribution >= 4 is 33.5 Å². The third-order valence-electron chi connectivity index (χ3n) is 3.76. The molecule has 2 aromatic carbocycles. The first-order valence-electron chi connectivity index (χ1n) is 7.45. The first-order valence-corrected chi connectivity index (χ1v) is 9.99. The van der Waals surface area contributed by atoms with Crippen molar-refractivity contribution in [2.75, 3.05) is 11.1 Å². The normalized spacial score (nSPS) is 16.8. The summed E-state index contributed by atoms with van der Waals surface area (Å²) in [6.07, 6.45) is 0.693. The van der Waals surface area contributed by atoms with Gasteiger partial charge in [0.05, 0.1) is 10.9 Å². The minimum Gasteiger partial charge on any atom is -0.331 e. The molecule has 132 valence electrons. The Labute approximate surface area is 149 Å². The highest BCUT2D eigenvalue weighted by Gasteiger charge is 2.23. The second-order valence-corrected chi connectivity index (χ2v) is 8.24. The summed E-state index contributed by atoms with van der Waals surface area (Å²) in [4.78, 5) is 13.1. The van der Waals surface area contributed by atoms with E-state index in [1.807, 2.05) is 0 Å². The molecule has 3 rings (SSSR count). The lowest BCUT2D eigenvalue weighted by atomic mass is 10.0. The largest absolute Gasteiger partial charge is 0.331 e. The minimum absolute atomic E-state index is 0.0350. The molecular weight excluding hydrogens is 365 g/mol. The van der Waals surface area contributed by atoms with Gasteiger partial charge in [-0.2, -0.15) is 0 Å². The third-order valence-corrected chi connectivity index (χ3v) is 5.81. The highest BCUT2D eigenvalue weighted by atomic mass is 32.2. The number of nitrogens with one attached hydrogen (secondary N) is 2. The number of halogens is 1. The van der Waals surface area contributed by atoms with Crippen LogP contribution in [0.25, 0.3) is 0 Å². The quantitative estimate of drug-likeness (QED) is 0.761. The summed E-state index contributed by atoms with van der Waals surface area (Å²) in [7, 11) is -3.77. The summed E-state index contributed by atoms with van der Waals surface area (Å²) >= 11 is 1.63. The number of primary sulfonamides is 1. The number of urea groups is 1. The molecule has 1 heterocycles. The van der Waals surface area contributed by atoms with E-state index in [0.29, 0.717) is 12.1 Å². The Morgan fingerprint density at radius 2 is 1.92 bits per heavy atom. The predicted octanol–water partition coefficient (Wildman–Crippen LogP) is 2.83. The van der Waals surface area contributed by atoms with E-state index in [9.17, 15) is 17.6 Å². The fourth-order valence-corrected chi connectivity index (χ4v) is 4.19. The van der Waals surface area contributed by atoms with Crippen LogP contribution < -0.4 is 15.8 Å². The molecule has 0 aromatic heterocycles. The Morgan fingerprint density at radius 3 is 2.60 bits per heavy atom. The number of amides is 2. The van der Waals surface area contributed by atoms with Crippen LogP contribution in [-0.2, 0) is 10.0 Å². The van der Waals surface area contributed by atoms with Crippen molar-refractivity contribution in [2.45, 2.75) is 22.3 Å². The van der Waals surface area contributed by atoms with E-state index in [1.54, 1.807) is 17.8 Å². The number of sulfonamides is 1. The average Bonchev–Trinajstić information content (AvgIpc) is 2.55. The fraction of sp³-hybridized carbons (Fsp3) is 0.188. The molecule has 0 unspecified atom stereocenters. The molecule has 9 heteroatoms. The maximum Gasteiger partial charge on any atom is 0.319 e. The summed E-state index contributed by atoms with van der Waals surface area (Å²) in [5.41, 5.74) is 1.19. The Hall–Kier alpha value is -2.10. The van der Waals surface area contributed by atoms with Crippen LogP contribution >= 0.6 is 11.8 Å². The van der Waals surface area contributed by atoms with Gasteiger partial charge >= 0.3 is 6.03 Å². The highest BCUT2D eigenvalue weighted by Crippen LogP contribution is 2.36. The summed E-state index contributed by atoms with van der Waals surface area (Å²) in [5, 5.41) is 10.5. The van der Waals surface area contributed by atoms with Crippen molar-refractivity contribution < 1.29 is 17.6 Å². The molecule has 1 aliphatic rings. The number of nitrogens with two attached hydrogens (primary N) is 1. The van der Waals surface area contributed by atoms with Crippen molar-refractivity contribution in [3.05, 3.63) is 53.8 Å². The molecular formula is C16H16FN3O3S2. The van der Waals surface area contributed by atoms with Crippen LogP contribution in [0.4, 0.5) is 14.9 Å². The number of rotatable bonds is 3. The third kappa shape index (κ3) is 4.30. The monoisotopic (exact) mass is 381 g/mol. The number of benzene rings is 2. The van der Waals surface area contributed by atoms with E-state index >= 15 is 0 Å². The topological polar surface area (TPSA) is 101 Å². The standard InChI is InChI=1S/C16H16FN3O3S2/c17-10-1-6-15-13(9-10)14(7-8-24-15)20-16(21)19-11-2-4-12(5-3-11)25(18,22)23/h1-6,9,14H,7-8H2,(H2,18,22,23)(H2,19,20,21)/t14-/m0/s1. The maximum absolute atomic E-state index is 13.5. The molecule has 1 aliphatic heterocycles. The zero-order chi connectivity index (χ0) is 18.0. The summed E-state index contributed by atoms with van der Waals surface area (Å²) in [6, 6.07) is 9.35. The van der Waals surface area contributed by atoms with E-state index in [4.69, 9.17) is 5.14 Å². The van der Waals surface area contributed by atoms with E-state index in [-0.39, 0.29) is 16.8 Å². The van der Waals surface area contributed by atoms with Gasteiger partial charge in [-0.25, -0.2) is 22.7 Å². The molecule has 0 saturated carbocycles. The Morgan fingerprint density at radius 1 is 1.20 bits per heavy atom. The van der Waals surface area contributed by atoms with Crippen LogP contribution in [0.5, 0.6) is 0 Å². The molecule has 0 saturated heterocycles. The Bertz CT molecular complexity index is 901. The summed E-state index contributed by atoms with van der Waals surface area (Å²) in [6.45, 7) is 0. The highest BCUT2D eigenvalue weighted by molar-refractivity contribution is 7.99. The number of thioether (sulfide) groups is 1. The van der Waals surface area contributed by atoms with E-state index in [1.165, 1.54) is 36.4 Å². The minimum atomic E-state index is -3.77. The van der Waals surface area contributed by atoms with Gasteiger partial charge in [0.2, 0.25) is 10.0 Å². The maximum atomic E-state index is 13.5. The molecule has 0 aliphatic carbocycles. The SMILES string of the molecule is NS(=O)(=O)c1ccc(NC(=O)N[C@H]2CCSc3ccc(F)cc32)cc1. The lowest BCUT2D eigenvalue weighted by Crippen LogP contribution is -2.34. The molecule has 2 amide bonds. The molecule has 2 aromatic rings. The van der Waals surface area contributed by atoms with Gasteiger partial charge in [0.1, 0.15) is 5.82 Å². The van der Waals surface area contributed by atoms with Crippen molar-refractivity contribution in [1.82, 2.24) is 5.32 Å². The molecule has 1 atom stereocenters. The number of fused-ring (bicyclic) bond motifs is 1. The summed E-state index contributed by atoms with van der Waals surface area (Å²) < 4.78 is 35.9. The van der Waals surface area contributed by atoms with Gasteiger partial charge in [-0.15, -0.1) is 11.8 Å². The molecule has 6 nitrogen and oxygen atoms in total. The van der Waals surface area contributed by atoms with Gasteiger partial charge in [-0.05, 0) is 54.4 Å². The van der Waals surface area contributed by atoms with Crippen LogP contribution in [0, 0.1) is 5.82 Å². The number of hydrogen-bond donors (Lipinski definition) is 3. The van der Waals surface area contributed by atoms with E-state index in [2.05, 4.69) is 10.6 Å². The van der Waals surface area contributed by atoms with Gasteiger partial charge in [0.15, 0.2) is 0 Å². The smallest absolute Gasteiger partial charge is 0.319 e. The molecule has 0 fully saturated rings. The van der Waals surface area contributed by atoms with Crippen LogP contribution in [0.1, 0.15) is 18.0 Å². The Balaban J connectivity index is 1.69. The molecule has 25 heavy (non-hydrogen) atoms. The van der Waals surface area contributed by atoms with E-state index in [0.717, 1.165) is 16.2 Å². The van der Waals surface area contributed by atoms with Gasteiger partial charge in [0.25, 0.3) is 0 Å². The zero-order valence-electron chi connectivity index (χ0n) is 13.0. The van der Waals surface area contributed by atoms with Crippen molar-refractivity contribution in [3.63, 3.8) is 0 Å². The molecule has 0 radical (unpaired) electrons. The van der Waals surface area contributed by atoms with Gasteiger partial charge in [-0.1, -0.05) is 0 Å². The van der Waals surface area contributed by atoms with Crippen molar-refractivity contribution in [2.24, 2.45) is 5.14 Å². The lowest BCUT2D eigenvalue weighted by Gasteiger charge is -2.26. The van der Waals surface area contributed by atoms with Crippen LogP contribution in [0.3, 0.4) is 0 Å². The van der Waals surface area contributed by atoms with Gasteiger partial charge in [0, 0.05) is 16.3 Å². The lowest BCUT2D eigenvalue weighted by molar-refractivity contribution is 0.248. The van der Waals surface area contributed by atoms with Crippen LogP contribution in [-0.4, -0.2) is 20.2 Å². The zero-order valence-corrected chi connectivity index (χ0v) is 14.7. The van der Waals surface area contributed by atoms with Crippen molar-refractivity contribution in [3.8, 4) is 0 Å².